The number of ether oxygens (including phenoxy) is 1. The van der Waals surface area contributed by atoms with E-state index in [9.17, 15) is 20.1 Å². The number of carbonyl (C=O) groups is 1. The third-order valence-corrected chi connectivity index (χ3v) is 5.14. The van der Waals surface area contributed by atoms with E-state index in [4.69, 9.17) is 9.15 Å². The van der Waals surface area contributed by atoms with E-state index in [-0.39, 0.29) is 6.42 Å². The van der Waals surface area contributed by atoms with Crippen LogP contribution in [0.5, 0.6) is 11.5 Å². The lowest BCUT2D eigenvalue weighted by Crippen LogP contribution is -2.54. The van der Waals surface area contributed by atoms with Gasteiger partial charge in [-0.1, -0.05) is 19.1 Å². The Morgan fingerprint density at radius 1 is 1.09 bits per heavy atom. The van der Waals surface area contributed by atoms with E-state index < -0.39 is 30.8 Å². The topological polar surface area (TPSA) is 125 Å². The summed E-state index contributed by atoms with van der Waals surface area (Å²) in [5.74, 6) is 1.52. The number of benzene rings is 2. The van der Waals surface area contributed by atoms with Crippen LogP contribution >= 0.6 is 0 Å². The Bertz CT molecular complexity index is 1010. The Morgan fingerprint density at radius 2 is 1.69 bits per heavy atom. The first kappa shape index (κ1) is 23.5. The van der Waals surface area contributed by atoms with E-state index in [2.05, 4.69) is 10.3 Å². The van der Waals surface area contributed by atoms with Crippen molar-refractivity contribution in [1.29, 1.82) is 0 Å². The molecule has 0 aliphatic heterocycles. The molecule has 0 fully saturated rings. The summed E-state index contributed by atoms with van der Waals surface area (Å²) in [6, 6.07) is 14.3. The van der Waals surface area contributed by atoms with Crippen LogP contribution in [0.15, 0.2) is 59.2 Å². The summed E-state index contributed by atoms with van der Waals surface area (Å²) in [4.78, 5) is 15.8. The van der Waals surface area contributed by atoms with Crippen molar-refractivity contribution in [1.82, 2.24) is 10.3 Å². The quantitative estimate of drug-likeness (QED) is 0.382. The molecule has 0 radical (unpaired) electrons. The lowest BCUT2D eigenvalue weighted by Gasteiger charge is -2.32. The molecule has 2 aromatic carbocycles. The Labute approximate surface area is 186 Å². The summed E-state index contributed by atoms with van der Waals surface area (Å²) >= 11 is 0. The van der Waals surface area contributed by atoms with Gasteiger partial charge in [0.1, 0.15) is 23.5 Å². The molecule has 0 aliphatic rings. The highest BCUT2D eigenvalue weighted by Gasteiger charge is 2.33. The molecule has 1 atom stereocenters. The van der Waals surface area contributed by atoms with Crippen LogP contribution in [0.2, 0.25) is 0 Å². The smallest absolute Gasteiger partial charge is 0.217 e. The highest BCUT2D eigenvalue weighted by Crippen LogP contribution is 2.29. The van der Waals surface area contributed by atoms with Gasteiger partial charge in [-0.05, 0) is 42.0 Å². The highest BCUT2D eigenvalue weighted by molar-refractivity contribution is 5.73. The fourth-order valence-electron chi connectivity index (χ4n) is 3.36. The lowest BCUT2D eigenvalue weighted by atomic mass is 9.90. The van der Waals surface area contributed by atoms with Gasteiger partial charge in [-0.3, -0.25) is 4.79 Å². The largest absolute Gasteiger partial charge is 0.457 e. The zero-order valence-electron chi connectivity index (χ0n) is 18.1. The van der Waals surface area contributed by atoms with Gasteiger partial charge >= 0.3 is 0 Å². The lowest BCUT2D eigenvalue weighted by molar-refractivity contribution is -0.122. The molecule has 1 aromatic heterocycles. The van der Waals surface area contributed by atoms with Gasteiger partial charge in [0.15, 0.2) is 5.89 Å². The standard InChI is InChI=1S/C24H28N2O6/c1-3-23-25-21(13-31-23)17-4-8-19(9-5-17)32-20-10-6-18(7-11-20)22(30)12-24(14-27,15-28)26-16(2)29/h4-11,13,22,27-28,30H,3,12,14-15H2,1-2H3,(H,26,29). The number of aliphatic hydroxyl groups excluding tert-OH is 3. The third-order valence-electron chi connectivity index (χ3n) is 5.14. The van der Waals surface area contributed by atoms with Crippen LogP contribution in [0.25, 0.3) is 11.3 Å². The Hall–Kier alpha value is -3.20. The predicted octanol–water partition coefficient (Wildman–Crippen LogP) is 2.98. The molecule has 1 heterocycles. The molecule has 0 saturated heterocycles. The molecule has 3 rings (SSSR count). The predicted molar refractivity (Wildman–Crippen MR) is 118 cm³/mol. The molecule has 0 spiro atoms. The van der Waals surface area contributed by atoms with E-state index in [0.29, 0.717) is 23.0 Å². The summed E-state index contributed by atoms with van der Waals surface area (Å²) < 4.78 is 11.2. The van der Waals surface area contributed by atoms with Crippen LogP contribution in [-0.4, -0.2) is 45.0 Å². The van der Waals surface area contributed by atoms with Gasteiger partial charge in [-0.15, -0.1) is 0 Å². The van der Waals surface area contributed by atoms with Crippen LogP contribution in [0.1, 0.15) is 37.8 Å². The number of rotatable bonds is 10. The first-order valence-electron chi connectivity index (χ1n) is 10.4. The zero-order chi connectivity index (χ0) is 23.1. The van der Waals surface area contributed by atoms with Gasteiger partial charge in [-0.2, -0.15) is 0 Å². The maximum Gasteiger partial charge on any atom is 0.217 e. The minimum atomic E-state index is -1.30. The molecule has 8 nitrogen and oxygen atoms in total. The molecule has 32 heavy (non-hydrogen) atoms. The molecule has 0 saturated carbocycles. The van der Waals surface area contributed by atoms with Crippen LogP contribution in [0, 0.1) is 0 Å². The van der Waals surface area contributed by atoms with Crippen molar-refractivity contribution in [3.05, 3.63) is 66.2 Å². The summed E-state index contributed by atoms with van der Waals surface area (Å²) in [6.07, 6.45) is 1.33. The van der Waals surface area contributed by atoms with Crippen molar-refractivity contribution >= 4 is 5.91 Å². The zero-order valence-corrected chi connectivity index (χ0v) is 18.1. The Balaban J connectivity index is 1.64. The average Bonchev–Trinajstić information content (AvgIpc) is 3.28. The number of aryl methyl sites for hydroxylation is 1. The summed E-state index contributed by atoms with van der Waals surface area (Å²) in [5.41, 5.74) is 0.966. The molecular formula is C24H28N2O6. The molecule has 170 valence electrons. The van der Waals surface area contributed by atoms with Crippen LogP contribution < -0.4 is 10.1 Å². The van der Waals surface area contributed by atoms with Gasteiger partial charge in [0.05, 0.1) is 24.9 Å². The molecule has 3 aromatic rings. The van der Waals surface area contributed by atoms with Gasteiger partial charge in [0, 0.05) is 25.3 Å². The van der Waals surface area contributed by atoms with Crippen molar-refractivity contribution in [2.24, 2.45) is 0 Å². The molecule has 8 heteroatoms. The van der Waals surface area contributed by atoms with Gasteiger partial charge < -0.3 is 29.8 Å². The number of nitrogens with one attached hydrogen (secondary N) is 1. The van der Waals surface area contributed by atoms with Gasteiger partial charge in [0.2, 0.25) is 5.91 Å². The Kier molecular flexibility index (Phi) is 7.63. The normalized spacial score (nSPS) is 12.4. The number of hydrogen-bond donors (Lipinski definition) is 4. The first-order chi connectivity index (χ1) is 15.4. The molecular weight excluding hydrogens is 412 g/mol. The van der Waals surface area contributed by atoms with Crippen molar-refractivity contribution in [2.45, 2.75) is 38.3 Å². The number of aliphatic hydroxyl groups is 3. The number of oxazole rings is 1. The SMILES string of the molecule is CCc1nc(-c2ccc(Oc3ccc(C(O)CC(CO)(CO)NC(C)=O)cc3)cc2)co1. The van der Waals surface area contributed by atoms with Gasteiger partial charge in [-0.25, -0.2) is 4.98 Å². The van der Waals surface area contributed by atoms with Crippen LogP contribution in [-0.2, 0) is 11.2 Å². The van der Waals surface area contributed by atoms with Crippen LogP contribution in [0.4, 0.5) is 0 Å². The fraction of sp³-hybridized carbons (Fsp3) is 0.333. The second-order valence-electron chi connectivity index (χ2n) is 7.67. The van der Waals surface area contributed by atoms with Crippen molar-refractivity contribution in [3.63, 3.8) is 0 Å². The number of nitrogens with zero attached hydrogens (tertiary/aromatic N) is 1. The van der Waals surface area contributed by atoms with Crippen molar-refractivity contribution < 1.29 is 29.3 Å². The fourth-order valence-corrected chi connectivity index (χ4v) is 3.36. The van der Waals surface area contributed by atoms with E-state index in [1.165, 1.54) is 6.92 Å². The van der Waals surface area contributed by atoms with E-state index in [0.717, 1.165) is 17.7 Å². The molecule has 0 bridgehead atoms. The summed E-state index contributed by atoms with van der Waals surface area (Å²) in [6.45, 7) is 2.28. The van der Waals surface area contributed by atoms with Gasteiger partial charge in [0.25, 0.3) is 0 Å². The highest BCUT2D eigenvalue weighted by atomic mass is 16.5. The molecule has 4 N–H and O–H groups in total. The van der Waals surface area contributed by atoms with Crippen LogP contribution in [0.3, 0.4) is 0 Å². The molecule has 1 unspecified atom stereocenters. The van der Waals surface area contributed by atoms with E-state index in [1.54, 1.807) is 30.5 Å². The monoisotopic (exact) mass is 440 g/mol. The first-order valence-corrected chi connectivity index (χ1v) is 10.4. The maximum absolute atomic E-state index is 11.4. The van der Waals surface area contributed by atoms with E-state index >= 15 is 0 Å². The third kappa shape index (κ3) is 5.73. The second-order valence-corrected chi connectivity index (χ2v) is 7.67. The maximum atomic E-state index is 11.4. The summed E-state index contributed by atoms with van der Waals surface area (Å²) in [5, 5.41) is 32.3. The number of aromatic nitrogens is 1. The number of carbonyl (C=O) groups excluding carboxylic acids is 1. The molecule has 0 aliphatic carbocycles. The average molecular weight is 440 g/mol. The second kappa shape index (κ2) is 10.4. The van der Waals surface area contributed by atoms with E-state index in [1.807, 2.05) is 31.2 Å². The Morgan fingerprint density at radius 3 is 2.19 bits per heavy atom. The number of hydrogen-bond acceptors (Lipinski definition) is 7. The minimum Gasteiger partial charge on any atom is -0.457 e. The number of amides is 1. The minimum absolute atomic E-state index is 0.0387. The molecule has 1 amide bonds. The van der Waals surface area contributed by atoms with Crippen molar-refractivity contribution in [2.75, 3.05) is 13.2 Å². The summed E-state index contributed by atoms with van der Waals surface area (Å²) in [7, 11) is 0. The van der Waals surface area contributed by atoms with Crippen molar-refractivity contribution in [3.8, 4) is 22.8 Å².